The molecule has 2 unspecified atom stereocenters. The van der Waals surface area contributed by atoms with Crippen LogP contribution in [0.4, 0.5) is 0 Å². The fraction of sp³-hybridized carbons (Fsp3) is 0.815. The molecule has 1 aromatic heterocycles. The molecular weight excluding hydrogens is 565 g/mol. The van der Waals surface area contributed by atoms with Crippen LogP contribution >= 0.6 is 36.4 Å². The summed E-state index contributed by atoms with van der Waals surface area (Å²) in [6, 6.07) is -0.0543. The first kappa shape index (κ1) is 35.9. The van der Waals surface area contributed by atoms with Crippen LogP contribution in [0.5, 0.6) is 0 Å². The van der Waals surface area contributed by atoms with Gasteiger partial charge in [0.2, 0.25) is 5.91 Å². The second-order valence-corrected chi connectivity index (χ2v) is 11.4. The zero-order valence-corrected chi connectivity index (χ0v) is 26.2. The van der Waals surface area contributed by atoms with Crippen LogP contribution in [-0.4, -0.2) is 96.2 Å². The molecule has 2 fully saturated rings. The zero-order valence-electron chi connectivity index (χ0n) is 23.8. The number of hydrogen-bond donors (Lipinski definition) is 2. The Morgan fingerprint density at radius 1 is 1.26 bits per heavy atom. The number of amides is 2. The fourth-order valence-corrected chi connectivity index (χ4v) is 5.59. The van der Waals surface area contributed by atoms with Crippen molar-refractivity contribution in [2.45, 2.75) is 70.9 Å². The van der Waals surface area contributed by atoms with Gasteiger partial charge in [-0.25, -0.2) is 4.98 Å². The number of aromatic nitrogens is 2. The van der Waals surface area contributed by atoms with Crippen molar-refractivity contribution in [2.75, 3.05) is 53.0 Å². The van der Waals surface area contributed by atoms with Gasteiger partial charge < -0.3 is 29.6 Å². The first-order chi connectivity index (χ1) is 17.8. The number of morpholine rings is 1. The highest BCUT2D eigenvalue weighted by Gasteiger charge is 2.36. The van der Waals surface area contributed by atoms with E-state index in [0.29, 0.717) is 69.9 Å². The molecule has 39 heavy (non-hydrogen) atoms. The molecular formula is C27H48Cl3N5O4. The van der Waals surface area contributed by atoms with Gasteiger partial charge >= 0.3 is 0 Å². The molecule has 1 aromatic rings. The van der Waals surface area contributed by atoms with E-state index in [9.17, 15) is 9.59 Å². The summed E-state index contributed by atoms with van der Waals surface area (Å²) in [6.07, 6.45) is 7.06. The fourth-order valence-electron chi connectivity index (χ4n) is 5.34. The molecule has 3 rings (SSSR count). The number of carbonyl (C=O) groups excluding carboxylic acids is 2. The van der Waals surface area contributed by atoms with Gasteiger partial charge in [-0.05, 0) is 31.1 Å². The van der Waals surface area contributed by atoms with Crippen molar-refractivity contribution in [2.24, 2.45) is 17.8 Å². The highest BCUT2D eigenvalue weighted by molar-refractivity contribution is 6.19. The van der Waals surface area contributed by atoms with Crippen molar-refractivity contribution >= 4 is 48.2 Å². The Morgan fingerprint density at radius 2 is 1.97 bits per heavy atom. The maximum absolute atomic E-state index is 13.7. The lowest BCUT2D eigenvalue weighted by atomic mass is 9.92. The molecule has 2 aliphatic rings. The molecule has 9 nitrogen and oxygen atoms in total. The third-order valence-electron chi connectivity index (χ3n) is 7.34. The molecule has 3 heterocycles. The summed E-state index contributed by atoms with van der Waals surface area (Å²) < 4.78 is 10.7. The maximum atomic E-state index is 13.7. The van der Waals surface area contributed by atoms with E-state index in [2.05, 4.69) is 36.1 Å². The van der Waals surface area contributed by atoms with Crippen LogP contribution in [0.3, 0.4) is 0 Å². The van der Waals surface area contributed by atoms with Crippen LogP contribution in [0, 0.1) is 17.8 Å². The first-order valence-electron chi connectivity index (χ1n) is 13.9. The number of H-pyrrole nitrogens is 1. The molecule has 2 aliphatic heterocycles. The van der Waals surface area contributed by atoms with E-state index in [1.54, 1.807) is 13.3 Å². The van der Waals surface area contributed by atoms with Gasteiger partial charge in [-0.2, -0.15) is 0 Å². The minimum Gasteiger partial charge on any atom is -0.378 e. The van der Waals surface area contributed by atoms with Gasteiger partial charge in [0, 0.05) is 52.3 Å². The summed E-state index contributed by atoms with van der Waals surface area (Å²) >= 11 is 6.27. The van der Waals surface area contributed by atoms with E-state index in [1.807, 2.05) is 9.80 Å². The number of unbranched alkanes of at least 4 members (excludes halogenated alkanes) is 1. The number of aromatic amines is 1. The van der Waals surface area contributed by atoms with E-state index in [-0.39, 0.29) is 54.2 Å². The van der Waals surface area contributed by atoms with Gasteiger partial charge in [-0.1, -0.05) is 45.2 Å². The monoisotopic (exact) mass is 611 g/mol. The molecule has 12 heteroatoms. The largest absolute Gasteiger partial charge is 0.378 e. The number of piperidine rings is 1. The Hall–Kier alpha value is -1.10. The van der Waals surface area contributed by atoms with Gasteiger partial charge in [0.1, 0.15) is 17.1 Å². The number of imidazole rings is 1. The normalized spacial score (nSPS) is 21.0. The molecule has 2 N–H and O–H groups in total. The predicted molar refractivity (Wildman–Crippen MR) is 159 cm³/mol. The van der Waals surface area contributed by atoms with Crippen LogP contribution < -0.4 is 5.32 Å². The van der Waals surface area contributed by atoms with Crippen LogP contribution in [0.15, 0.2) is 6.20 Å². The summed E-state index contributed by atoms with van der Waals surface area (Å²) in [5.74, 6) is 1.40. The zero-order chi connectivity index (χ0) is 26.8. The molecule has 0 aliphatic carbocycles. The number of nitrogens with one attached hydrogen (secondary N) is 2. The van der Waals surface area contributed by atoms with Gasteiger partial charge in [0.25, 0.3) is 5.91 Å². The lowest BCUT2D eigenvalue weighted by Crippen LogP contribution is -2.56. The second kappa shape index (κ2) is 18.4. The average molecular weight is 613 g/mol. The molecule has 0 aromatic carbocycles. The Bertz CT molecular complexity index is 853. The van der Waals surface area contributed by atoms with Crippen molar-refractivity contribution in [3.63, 3.8) is 0 Å². The van der Waals surface area contributed by atoms with Gasteiger partial charge in [-0.3, -0.25) is 9.59 Å². The van der Waals surface area contributed by atoms with Crippen molar-refractivity contribution in [3.05, 3.63) is 17.7 Å². The van der Waals surface area contributed by atoms with E-state index in [4.69, 9.17) is 21.1 Å². The third-order valence-corrected chi connectivity index (χ3v) is 7.70. The number of hydrogen-bond acceptors (Lipinski definition) is 6. The highest BCUT2D eigenvalue weighted by atomic mass is 35.5. The minimum absolute atomic E-state index is 0. The Balaban J connectivity index is 0.00000380. The van der Waals surface area contributed by atoms with Crippen molar-refractivity contribution < 1.29 is 19.1 Å². The second-order valence-electron chi connectivity index (χ2n) is 10.9. The average Bonchev–Trinajstić information content (AvgIpc) is 3.38. The van der Waals surface area contributed by atoms with E-state index in [0.717, 1.165) is 37.9 Å². The number of halogens is 3. The number of rotatable bonds is 13. The van der Waals surface area contributed by atoms with Gasteiger partial charge in [0.05, 0.1) is 25.3 Å². The number of methoxy groups -OCH3 is 1. The summed E-state index contributed by atoms with van der Waals surface area (Å²) in [5.41, 5.74) is 0.173. The Morgan fingerprint density at radius 3 is 2.62 bits per heavy atom. The van der Waals surface area contributed by atoms with Gasteiger partial charge in [-0.15, -0.1) is 24.8 Å². The molecule has 2 amide bonds. The minimum atomic E-state index is -0.327. The van der Waals surface area contributed by atoms with Gasteiger partial charge in [0.15, 0.2) is 0 Å². The number of alkyl halides is 1. The third kappa shape index (κ3) is 11.0. The van der Waals surface area contributed by atoms with Crippen molar-refractivity contribution in [3.8, 4) is 0 Å². The Labute approximate surface area is 251 Å². The number of carbonyl (C=O) groups is 2. The molecule has 226 valence electrons. The topological polar surface area (TPSA) is 99.8 Å². The van der Waals surface area contributed by atoms with Crippen molar-refractivity contribution in [1.29, 1.82) is 0 Å². The van der Waals surface area contributed by atoms with Crippen LogP contribution in [0.1, 0.15) is 69.2 Å². The van der Waals surface area contributed by atoms with Crippen LogP contribution in [-0.2, 0) is 20.7 Å². The molecule has 4 atom stereocenters. The van der Waals surface area contributed by atoms with E-state index < -0.39 is 0 Å². The SMILES string of the molecule is CCCCC(Cc1ncc(C(=O)N(CC(C)C)[C@@H]2CNC[C@H](C(=O)N3CCOCC3)C2)[nH]1)CC(Cl)OC.Cl.Cl. The lowest BCUT2D eigenvalue weighted by molar-refractivity contribution is -0.140. The smallest absolute Gasteiger partial charge is 0.272 e. The molecule has 0 spiro atoms. The summed E-state index contributed by atoms with van der Waals surface area (Å²) in [6.45, 7) is 10.8. The summed E-state index contributed by atoms with van der Waals surface area (Å²) in [4.78, 5) is 38.6. The number of nitrogens with zero attached hydrogens (tertiary/aromatic N) is 3. The summed E-state index contributed by atoms with van der Waals surface area (Å²) in [5, 5.41) is 3.42. The standard InChI is InChI=1S/C27H46ClN5O4.2ClH/c1-5-6-7-20(12-24(28)36-4)13-25-30-17-23(31-25)27(35)33(18-19(2)3)22-14-21(15-29-16-22)26(34)32-8-10-37-11-9-32;;/h17,19-22,24,29H,5-16,18H2,1-4H3,(H,30,31);2*1H/t20?,21-,22+,24?;;/m1../s1. The summed E-state index contributed by atoms with van der Waals surface area (Å²) in [7, 11) is 1.63. The lowest BCUT2D eigenvalue weighted by Gasteiger charge is -2.40. The van der Waals surface area contributed by atoms with E-state index >= 15 is 0 Å². The predicted octanol–water partition coefficient (Wildman–Crippen LogP) is 4.14. The molecule has 2 saturated heterocycles. The first-order valence-corrected chi connectivity index (χ1v) is 14.3. The molecule has 0 bridgehead atoms. The van der Waals surface area contributed by atoms with Crippen LogP contribution in [0.25, 0.3) is 0 Å². The van der Waals surface area contributed by atoms with Crippen molar-refractivity contribution in [1.82, 2.24) is 25.1 Å². The maximum Gasteiger partial charge on any atom is 0.272 e. The highest BCUT2D eigenvalue weighted by Crippen LogP contribution is 2.24. The quantitative estimate of drug-likeness (QED) is 0.325. The number of ether oxygens (including phenoxy) is 2. The molecule has 0 radical (unpaired) electrons. The van der Waals surface area contributed by atoms with E-state index in [1.165, 1.54) is 0 Å². The molecule has 0 saturated carbocycles. The van der Waals surface area contributed by atoms with Crippen LogP contribution in [0.2, 0.25) is 0 Å². The Kier molecular flexibility index (Phi) is 16.9.